The molecular formula is C34H39BrN2O6. The summed E-state index contributed by atoms with van der Waals surface area (Å²) < 4.78 is 17.9. The van der Waals surface area contributed by atoms with Crippen molar-refractivity contribution in [3.63, 3.8) is 0 Å². The number of amides is 1. The number of ketones is 2. The van der Waals surface area contributed by atoms with Crippen molar-refractivity contribution in [1.82, 2.24) is 5.32 Å². The molecule has 2 aromatic carbocycles. The molecule has 0 spiro atoms. The van der Waals surface area contributed by atoms with Gasteiger partial charge in [0.1, 0.15) is 5.75 Å². The lowest BCUT2D eigenvalue weighted by Gasteiger charge is -2.44. The molecule has 0 radical (unpaired) electrons. The van der Waals surface area contributed by atoms with Gasteiger partial charge in [0.25, 0.3) is 5.91 Å². The number of rotatable bonds is 8. The Morgan fingerprint density at radius 3 is 2.12 bits per heavy atom. The Morgan fingerprint density at radius 1 is 0.930 bits per heavy atom. The second kappa shape index (κ2) is 11.8. The van der Waals surface area contributed by atoms with Crippen LogP contribution in [0.25, 0.3) is 0 Å². The molecule has 1 heterocycles. The van der Waals surface area contributed by atoms with E-state index in [-0.39, 0.29) is 34.9 Å². The number of Topliss-reactive ketones (excluding diaryl/α,β-unsaturated/α-hetero) is 2. The first-order chi connectivity index (χ1) is 20.3. The second-order valence-electron chi connectivity index (χ2n) is 13.0. The fourth-order valence-corrected chi connectivity index (χ4v) is 7.03. The van der Waals surface area contributed by atoms with E-state index >= 15 is 0 Å². The van der Waals surface area contributed by atoms with Crippen LogP contribution in [0.15, 0.2) is 63.4 Å². The van der Waals surface area contributed by atoms with Crippen LogP contribution in [0.1, 0.15) is 71.8 Å². The molecule has 0 atom stereocenters. The van der Waals surface area contributed by atoms with Gasteiger partial charge in [-0.25, -0.2) is 0 Å². The maximum Gasteiger partial charge on any atom is 0.262 e. The number of allylic oxidation sites excluding steroid dienone is 4. The summed E-state index contributed by atoms with van der Waals surface area (Å²) in [5.74, 6) is 0.554. The van der Waals surface area contributed by atoms with E-state index in [1.54, 1.807) is 25.3 Å². The summed E-state index contributed by atoms with van der Waals surface area (Å²) in [5.41, 5.74) is 4.06. The topological polar surface area (TPSA) is 103 Å². The minimum Gasteiger partial charge on any atom is -0.495 e. The van der Waals surface area contributed by atoms with E-state index in [1.807, 2.05) is 25.1 Å². The zero-order chi connectivity index (χ0) is 31.1. The van der Waals surface area contributed by atoms with Crippen molar-refractivity contribution < 1.29 is 28.6 Å². The first-order valence-corrected chi connectivity index (χ1v) is 15.4. The number of para-hydroxylation sites is 2. The highest BCUT2D eigenvalue weighted by Crippen LogP contribution is 2.52. The molecule has 0 fully saturated rings. The predicted molar refractivity (Wildman–Crippen MR) is 168 cm³/mol. The Labute approximate surface area is 261 Å². The standard InChI is InChI=1S/C34H39BrN2O6/c1-7-42-27-13-19(12-20(35)32(27)43-18-28(40)37-21-10-8-9-11-26(21)41-6)29-30-22(14-33(2,3)16-24(30)38)36-23-15-34(4,5)17-25(39)31(23)29/h8-13,29,36H,7,14-18H2,1-6H3,(H,37,40). The third-order valence-corrected chi connectivity index (χ3v) is 8.70. The minimum atomic E-state index is -0.517. The largest absolute Gasteiger partial charge is 0.495 e. The van der Waals surface area contributed by atoms with E-state index < -0.39 is 5.92 Å². The molecule has 228 valence electrons. The molecule has 1 amide bonds. The Balaban J connectivity index is 1.51. The molecule has 43 heavy (non-hydrogen) atoms. The Bertz CT molecular complexity index is 1500. The van der Waals surface area contributed by atoms with E-state index in [9.17, 15) is 14.4 Å². The summed E-state index contributed by atoms with van der Waals surface area (Å²) in [7, 11) is 1.54. The highest BCUT2D eigenvalue weighted by Gasteiger charge is 2.46. The highest BCUT2D eigenvalue weighted by molar-refractivity contribution is 9.10. The van der Waals surface area contributed by atoms with Crippen LogP contribution >= 0.6 is 15.9 Å². The van der Waals surface area contributed by atoms with Crippen LogP contribution in [-0.4, -0.2) is 37.8 Å². The van der Waals surface area contributed by atoms with Crippen molar-refractivity contribution in [2.45, 2.75) is 66.2 Å². The van der Waals surface area contributed by atoms with Crippen molar-refractivity contribution in [2.75, 3.05) is 25.6 Å². The maximum atomic E-state index is 13.7. The van der Waals surface area contributed by atoms with Crippen molar-refractivity contribution in [3.05, 3.63) is 69.0 Å². The molecule has 0 saturated heterocycles. The van der Waals surface area contributed by atoms with Gasteiger partial charge in [-0.3, -0.25) is 14.4 Å². The molecule has 3 aliphatic rings. The molecule has 0 bridgehead atoms. The van der Waals surface area contributed by atoms with Crippen LogP contribution in [0.2, 0.25) is 0 Å². The van der Waals surface area contributed by atoms with Crippen molar-refractivity contribution in [1.29, 1.82) is 0 Å². The fraction of sp³-hybridized carbons (Fsp3) is 0.441. The molecule has 2 N–H and O–H groups in total. The van der Waals surface area contributed by atoms with E-state index in [2.05, 4.69) is 54.3 Å². The SMILES string of the molecule is CCOc1cc(C2C3=C(CC(C)(C)CC3=O)NC3=C2C(=O)CC(C)(C)C3)cc(Br)c1OCC(=O)Nc1ccccc1OC. The average molecular weight is 652 g/mol. The van der Waals surface area contributed by atoms with Crippen molar-refractivity contribution in [3.8, 4) is 17.2 Å². The number of anilines is 1. The normalized spacial score (nSPS) is 19.3. The van der Waals surface area contributed by atoms with Crippen molar-refractivity contribution >= 4 is 39.1 Å². The number of hydrogen-bond donors (Lipinski definition) is 2. The van der Waals surface area contributed by atoms with Gasteiger partial charge in [-0.2, -0.15) is 0 Å². The summed E-state index contributed by atoms with van der Waals surface area (Å²) in [5, 5.41) is 6.36. The predicted octanol–water partition coefficient (Wildman–Crippen LogP) is 6.85. The molecule has 0 aromatic heterocycles. The monoisotopic (exact) mass is 650 g/mol. The van der Waals surface area contributed by atoms with Gasteiger partial charge in [-0.15, -0.1) is 0 Å². The van der Waals surface area contributed by atoms with Gasteiger partial charge in [0.15, 0.2) is 29.7 Å². The number of benzene rings is 2. The number of dihydropyridines is 1. The summed E-state index contributed by atoms with van der Waals surface area (Å²) in [4.78, 5) is 40.2. The summed E-state index contributed by atoms with van der Waals surface area (Å²) >= 11 is 3.64. The van der Waals surface area contributed by atoms with E-state index in [0.29, 0.717) is 58.0 Å². The number of hydrogen-bond acceptors (Lipinski definition) is 7. The molecule has 2 aliphatic carbocycles. The van der Waals surface area contributed by atoms with E-state index in [0.717, 1.165) is 29.8 Å². The van der Waals surface area contributed by atoms with E-state index in [1.165, 1.54) is 0 Å². The quantitative estimate of drug-likeness (QED) is 0.322. The number of ether oxygens (including phenoxy) is 3. The number of carbonyl (C=O) groups excluding carboxylic acids is 3. The Morgan fingerprint density at radius 2 is 1.53 bits per heavy atom. The maximum absolute atomic E-state index is 13.7. The van der Waals surface area contributed by atoms with Gasteiger partial charge in [-0.1, -0.05) is 39.8 Å². The third kappa shape index (κ3) is 6.37. The average Bonchev–Trinajstić information content (AvgIpc) is 2.90. The molecule has 1 aliphatic heterocycles. The smallest absolute Gasteiger partial charge is 0.262 e. The van der Waals surface area contributed by atoms with E-state index in [4.69, 9.17) is 14.2 Å². The zero-order valence-electron chi connectivity index (χ0n) is 25.6. The Kier molecular flexibility index (Phi) is 8.49. The minimum absolute atomic E-state index is 0.0513. The van der Waals surface area contributed by atoms with Crippen LogP contribution < -0.4 is 24.8 Å². The van der Waals surface area contributed by atoms with Crippen LogP contribution in [0, 0.1) is 10.8 Å². The first kappa shape index (κ1) is 30.9. The van der Waals surface area contributed by atoms with Crippen LogP contribution in [0.3, 0.4) is 0 Å². The lowest BCUT2D eigenvalue weighted by molar-refractivity contribution is -0.119. The molecule has 5 rings (SSSR count). The molecule has 2 aromatic rings. The number of methoxy groups -OCH3 is 1. The summed E-state index contributed by atoms with van der Waals surface area (Å²) in [6.07, 6.45) is 2.26. The number of carbonyl (C=O) groups is 3. The van der Waals surface area contributed by atoms with Gasteiger partial charge in [0.2, 0.25) is 0 Å². The second-order valence-corrected chi connectivity index (χ2v) is 13.9. The van der Waals surface area contributed by atoms with Gasteiger partial charge in [0.05, 0.1) is 23.9 Å². The van der Waals surface area contributed by atoms with Gasteiger partial charge >= 0.3 is 0 Å². The highest BCUT2D eigenvalue weighted by atomic mass is 79.9. The number of halogens is 1. The number of nitrogens with one attached hydrogen (secondary N) is 2. The van der Waals surface area contributed by atoms with Crippen LogP contribution in [0.4, 0.5) is 5.69 Å². The lowest BCUT2D eigenvalue weighted by atomic mass is 9.64. The Hall–Kier alpha value is -3.59. The zero-order valence-corrected chi connectivity index (χ0v) is 27.2. The van der Waals surface area contributed by atoms with Crippen LogP contribution in [-0.2, 0) is 14.4 Å². The van der Waals surface area contributed by atoms with Gasteiger partial charge < -0.3 is 24.8 Å². The molecule has 0 saturated carbocycles. The summed E-state index contributed by atoms with van der Waals surface area (Å²) in [6, 6.07) is 10.9. The van der Waals surface area contributed by atoms with Crippen molar-refractivity contribution in [2.24, 2.45) is 10.8 Å². The first-order valence-electron chi connectivity index (χ1n) is 14.6. The molecule has 0 unspecified atom stereocenters. The van der Waals surface area contributed by atoms with Crippen LogP contribution in [0.5, 0.6) is 17.2 Å². The molecule has 9 heteroatoms. The van der Waals surface area contributed by atoms with Gasteiger partial charge in [-0.05, 0) is 76.4 Å². The fourth-order valence-electron chi connectivity index (χ4n) is 6.45. The lowest BCUT2D eigenvalue weighted by Crippen LogP contribution is -2.42. The molecular weight excluding hydrogens is 612 g/mol. The van der Waals surface area contributed by atoms with Gasteiger partial charge in [0, 0.05) is 41.3 Å². The third-order valence-electron chi connectivity index (χ3n) is 8.11. The molecule has 8 nitrogen and oxygen atoms in total. The summed E-state index contributed by atoms with van der Waals surface area (Å²) in [6.45, 7) is 10.4.